The third kappa shape index (κ3) is 2.81. The summed E-state index contributed by atoms with van der Waals surface area (Å²) in [4.78, 5) is 18.5. The molecule has 144 valence electrons. The first-order valence-corrected chi connectivity index (χ1v) is 10.4. The Morgan fingerprint density at radius 1 is 1.03 bits per heavy atom. The van der Waals surface area contributed by atoms with Gasteiger partial charge in [-0.3, -0.25) is 9.69 Å². The lowest BCUT2D eigenvalue weighted by Crippen LogP contribution is -2.47. The minimum Gasteiger partial charge on any atom is -0.369 e. The van der Waals surface area contributed by atoms with E-state index in [0.29, 0.717) is 6.42 Å². The molecule has 1 aliphatic heterocycles. The monoisotopic (exact) mass is 399 g/mol. The van der Waals surface area contributed by atoms with Crippen LogP contribution in [-0.2, 0) is 10.3 Å². The third-order valence-corrected chi connectivity index (χ3v) is 6.99. The highest BCUT2D eigenvalue weighted by Crippen LogP contribution is 2.41. The van der Waals surface area contributed by atoms with Crippen molar-refractivity contribution in [3.05, 3.63) is 72.3 Å². The van der Waals surface area contributed by atoms with Crippen molar-refractivity contribution in [1.82, 2.24) is 4.90 Å². The Labute approximate surface area is 173 Å². The first-order chi connectivity index (χ1) is 14.0. The second kappa shape index (κ2) is 6.42. The zero-order chi connectivity index (χ0) is 20.2. The van der Waals surface area contributed by atoms with Gasteiger partial charge in [0.25, 0.3) is 0 Å². The van der Waals surface area contributed by atoms with Crippen molar-refractivity contribution in [2.75, 3.05) is 7.05 Å². The van der Waals surface area contributed by atoms with E-state index in [-0.39, 0.29) is 11.9 Å². The van der Waals surface area contributed by atoms with Gasteiger partial charge in [-0.05, 0) is 35.7 Å². The molecule has 4 aromatic rings. The van der Waals surface area contributed by atoms with Crippen LogP contribution in [0.25, 0.3) is 31.3 Å². The van der Waals surface area contributed by atoms with Crippen LogP contribution >= 0.6 is 11.3 Å². The summed E-state index contributed by atoms with van der Waals surface area (Å²) >= 11 is 1.82. The minimum absolute atomic E-state index is 0.0167. The summed E-state index contributed by atoms with van der Waals surface area (Å²) in [5.74, 6) is 0.248. The number of fused-ring (bicyclic) bond motifs is 3. The van der Waals surface area contributed by atoms with Crippen LogP contribution in [0, 0.1) is 0 Å². The van der Waals surface area contributed by atoms with E-state index in [2.05, 4.69) is 59.6 Å². The number of nitrogens with two attached hydrogens (primary N) is 1. The van der Waals surface area contributed by atoms with Gasteiger partial charge in [0, 0.05) is 27.2 Å². The maximum Gasteiger partial charge on any atom is 0.231 e. The number of benzene rings is 3. The summed E-state index contributed by atoms with van der Waals surface area (Å²) in [5, 5.41) is 2.56. The van der Waals surface area contributed by atoms with Crippen LogP contribution in [0.1, 0.15) is 18.9 Å². The fraction of sp³-hybridized carbons (Fsp3) is 0.167. The maximum absolute atomic E-state index is 12.4. The average molecular weight is 400 g/mol. The topological polar surface area (TPSA) is 58.7 Å². The fourth-order valence-corrected chi connectivity index (χ4v) is 5.31. The predicted octanol–water partition coefficient (Wildman–Crippen LogP) is 5.11. The number of hydrogen-bond acceptors (Lipinski definition) is 4. The van der Waals surface area contributed by atoms with Gasteiger partial charge < -0.3 is 5.73 Å². The Morgan fingerprint density at radius 3 is 2.62 bits per heavy atom. The lowest BCUT2D eigenvalue weighted by Gasteiger charge is -2.33. The standard InChI is InChI=1S/C24H21N3OS/c1-24(14-21(28)27(2)23(25)26-24)16-8-5-7-15(13-16)17-10-6-11-19-18-9-3-4-12-20(18)29-22(17)19/h3-13H,14H2,1-2H3,(H2,25,26)/t24-/m0/s1. The van der Waals surface area contributed by atoms with Crippen molar-refractivity contribution in [2.45, 2.75) is 18.9 Å². The first kappa shape index (κ1) is 17.9. The fourth-order valence-electron chi connectivity index (χ4n) is 4.07. The summed E-state index contributed by atoms with van der Waals surface area (Å²) in [6.45, 7) is 1.98. The quantitative estimate of drug-likeness (QED) is 0.509. The predicted molar refractivity (Wildman–Crippen MR) is 121 cm³/mol. The number of carbonyl (C=O) groups is 1. The Bertz CT molecular complexity index is 1310. The zero-order valence-corrected chi connectivity index (χ0v) is 17.2. The molecule has 5 heteroatoms. The number of guanidine groups is 1. The highest BCUT2D eigenvalue weighted by Gasteiger charge is 2.36. The molecule has 0 bridgehead atoms. The molecule has 3 aromatic carbocycles. The Balaban J connectivity index is 1.67. The van der Waals surface area contributed by atoms with E-state index in [9.17, 15) is 4.79 Å². The van der Waals surface area contributed by atoms with E-state index in [0.717, 1.165) is 11.1 Å². The molecule has 1 aromatic heterocycles. The van der Waals surface area contributed by atoms with Crippen molar-refractivity contribution in [3.8, 4) is 11.1 Å². The molecular weight excluding hydrogens is 378 g/mol. The highest BCUT2D eigenvalue weighted by molar-refractivity contribution is 7.26. The molecule has 1 atom stereocenters. The van der Waals surface area contributed by atoms with Crippen LogP contribution < -0.4 is 5.73 Å². The number of nitrogens with zero attached hydrogens (tertiary/aromatic N) is 2. The molecule has 0 aliphatic carbocycles. The van der Waals surface area contributed by atoms with Crippen molar-refractivity contribution < 1.29 is 4.79 Å². The Hall–Kier alpha value is -3.18. The summed E-state index contributed by atoms with van der Waals surface area (Å²) < 4.78 is 2.56. The van der Waals surface area contributed by atoms with E-state index in [1.165, 1.54) is 30.6 Å². The summed E-state index contributed by atoms with van der Waals surface area (Å²) in [7, 11) is 1.67. The van der Waals surface area contributed by atoms with Crippen molar-refractivity contribution in [1.29, 1.82) is 0 Å². The second-order valence-electron chi connectivity index (χ2n) is 7.73. The van der Waals surface area contributed by atoms with E-state index >= 15 is 0 Å². The van der Waals surface area contributed by atoms with Gasteiger partial charge in [0.2, 0.25) is 5.91 Å². The Morgan fingerprint density at radius 2 is 1.79 bits per heavy atom. The van der Waals surface area contributed by atoms with E-state index in [4.69, 9.17) is 5.73 Å². The molecule has 0 saturated heterocycles. The van der Waals surface area contributed by atoms with Gasteiger partial charge in [0.05, 0.1) is 12.0 Å². The molecule has 29 heavy (non-hydrogen) atoms. The molecule has 2 N–H and O–H groups in total. The molecule has 0 fully saturated rings. The van der Waals surface area contributed by atoms with Gasteiger partial charge in [0.15, 0.2) is 5.96 Å². The van der Waals surface area contributed by atoms with Gasteiger partial charge in [-0.25, -0.2) is 4.99 Å². The van der Waals surface area contributed by atoms with Gasteiger partial charge in [-0.2, -0.15) is 0 Å². The summed E-state index contributed by atoms with van der Waals surface area (Å²) in [6.07, 6.45) is 0.306. The number of carbonyl (C=O) groups excluding carboxylic acids is 1. The van der Waals surface area contributed by atoms with Gasteiger partial charge >= 0.3 is 0 Å². The largest absolute Gasteiger partial charge is 0.369 e. The van der Waals surface area contributed by atoms with Gasteiger partial charge in [-0.15, -0.1) is 11.3 Å². The minimum atomic E-state index is -0.655. The lowest BCUT2D eigenvalue weighted by molar-refractivity contribution is -0.128. The van der Waals surface area contributed by atoms with Crippen molar-refractivity contribution >= 4 is 43.4 Å². The number of amides is 1. The smallest absolute Gasteiger partial charge is 0.231 e. The number of hydrogen-bond donors (Lipinski definition) is 1. The molecular formula is C24H21N3OS. The average Bonchev–Trinajstić information content (AvgIpc) is 3.11. The maximum atomic E-state index is 12.4. The van der Waals surface area contributed by atoms with Crippen LogP contribution in [0.15, 0.2) is 71.7 Å². The normalized spacial score (nSPS) is 19.7. The molecule has 0 spiro atoms. The highest BCUT2D eigenvalue weighted by atomic mass is 32.1. The summed E-state index contributed by atoms with van der Waals surface area (Å²) in [5.41, 5.74) is 8.67. The molecule has 5 rings (SSSR count). The number of aliphatic imine (C=N–C) groups is 1. The summed E-state index contributed by atoms with van der Waals surface area (Å²) in [6, 6.07) is 23.3. The van der Waals surface area contributed by atoms with Crippen molar-refractivity contribution in [3.63, 3.8) is 0 Å². The van der Waals surface area contributed by atoms with Crippen LogP contribution in [-0.4, -0.2) is 23.8 Å². The number of thiophene rings is 1. The van der Waals surface area contributed by atoms with Gasteiger partial charge in [-0.1, -0.05) is 54.6 Å². The SMILES string of the molecule is CN1C(=O)C[C@@](C)(c2cccc(-c3cccc4c3sc3ccccc34)c2)N=C1N. The van der Waals surface area contributed by atoms with E-state index < -0.39 is 5.54 Å². The van der Waals surface area contributed by atoms with Gasteiger partial charge in [0.1, 0.15) is 0 Å². The Kier molecular flexibility index (Phi) is 3.96. The van der Waals surface area contributed by atoms with E-state index in [1.807, 2.05) is 30.4 Å². The van der Waals surface area contributed by atoms with Crippen LogP contribution in [0.4, 0.5) is 0 Å². The molecule has 0 radical (unpaired) electrons. The van der Waals surface area contributed by atoms with Crippen LogP contribution in [0.3, 0.4) is 0 Å². The van der Waals surface area contributed by atoms with E-state index in [1.54, 1.807) is 7.05 Å². The third-order valence-electron chi connectivity index (χ3n) is 5.77. The second-order valence-corrected chi connectivity index (χ2v) is 8.79. The molecule has 0 unspecified atom stereocenters. The van der Waals surface area contributed by atoms with Crippen LogP contribution in [0.2, 0.25) is 0 Å². The first-order valence-electron chi connectivity index (χ1n) is 9.59. The van der Waals surface area contributed by atoms with Crippen molar-refractivity contribution in [2.24, 2.45) is 10.7 Å². The van der Waals surface area contributed by atoms with Crippen LogP contribution in [0.5, 0.6) is 0 Å². The molecule has 2 heterocycles. The molecule has 0 saturated carbocycles. The zero-order valence-electron chi connectivity index (χ0n) is 16.3. The molecule has 4 nitrogen and oxygen atoms in total. The number of rotatable bonds is 2. The lowest BCUT2D eigenvalue weighted by atomic mass is 9.86. The molecule has 1 amide bonds. The molecule has 1 aliphatic rings.